The quantitative estimate of drug-likeness (QED) is 0.929. The van der Waals surface area contributed by atoms with Crippen LogP contribution in [0.4, 0.5) is 5.13 Å². The van der Waals surface area contributed by atoms with Crippen molar-refractivity contribution in [2.45, 2.75) is 25.9 Å². The number of aromatic nitrogens is 4. The lowest BCUT2D eigenvalue weighted by atomic mass is 9.92. The molecule has 0 amide bonds. The standard InChI is InChI=1S/C13H19N5OS/c1-9-15-13(20-16-9)18-6-3-4-10(8-18)11(19)12-14-5-7-17(12)2/h5,7,10-11,19H,3-4,6,8H2,1-2H3. The van der Waals surface area contributed by atoms with Crippen molar-refractivity contribution in [3.63, 3.8) is 0 Å². The first-order valence-electron chi connectivity index (χ1n) is 6.85. The van der Waals surface area contributed by atoms with Crippen molar-refractivity contribution in [2.24, 2.45) is 13.0 Å². The van der Waals surface area contributed by atoms with Crippen LogP contribution in [0.15, 0.2) is 12.4 Å². The molecule has 2 atom stereocenters. The van der Waals surface area contributed by atoms with Crippen molar-refractivity contribution in [3.05, 3.63) is 24.0 Å². The third kappa shape index (κ3) is 2.55. The fourth-order valence-corrected chi connectivity index (χ4v) is 3.44. The molecule has 0 saturated carbocycles. The molecule has 0 aromatic carbocycles. The lowest BCUT2D eigenvalue weighted by Gasteiger charge is -2.34. The number of nitrogens with zero attached hydrogens (tertiary/aromatic N) is 5. The highest BCUT2D eigenvalue weighted by molar-refractivity contribution is 7.09. The Hall–Kier alpha value is -1.47. The zero-order valence-corrected chi connectivity index (χ0v) is 12.5. The van der Waals surface area contributed by atoms with E-state index in [4.69, 9.17) is 0 Å². The van der Waals surface area contributed by atoms with Gasteiger partial charge in [0.05, 0.1) is 0 Å². The van der Waals surface area contributed by atoms with Crippen LogP contribution in [0.3, 0.4) is 0 Å². The minimum absolute atomic E-state index is 0.189. The zero-order valence-electron chi connectivity index (χ0n) is 11.7. The summed E-state index contributed by atoms with van der Waals surface area (Å²) in [5.74, 6) is 1.75. The molecule has 3 rings (SSSR count). The van der Waals surface area contributed by atoms with Gasteiger partial charge in [0.1, 0.15) is 17.8 Å². The van der Waals surface area contributed by atoms with Crippen LogP contribution in [0.1, 0.15) is 30.6 Å². The van der Waals surface area contributed by atoms with Gasteiger partial charge in [0.25, 0.3) is 0 Å². The maximum atomic E-state index is 10.5. The summed E-state index contributed by atoms with van der Waals surface area (Å²) in [5, 5.41) is 11.5. The number of anilines is 1. The normalized spacial score (nSPS) is 21.1. The molecule has 2 unspecified atom stereocenters. The molecule has 0 radical (unpaired) electrons. The highest BCUT2D eigenvalue weighted by atomic mass is 32.1. The molecule has 1 N–H and O–H groups in total. The summed E-state index contributed by atoms with van der Waals surface area (Å²) in [4.78, 5) is 10.9. The summed E-state index contributed by atoms with van der Waals surface area (Å²) in [6, 6.07) is 0. The Bertz CT molecular complexity index is 581. The molecule has 20 heavy (non-hydrogen) atoms. The number of aliphatic hydroxyl groups excluding tert-OH is 1. The van der Waals surface area contributed by atoms with E-state index in [1.54, 1.807) is 6.20 Å². The number of hydrogen-bond donors (Lipinski definition) is 1. The number of rotatable bonds is 3. The van der Waals surface area contributed by atoms with Gasteiger partial charge in [0.2, 0.25) is 5.13 Å². The predicted octanol–water partition coefficient (Wildman–Crippen LogP) is 1.53. The largest absolute Gasteiger partial charge is 0.385 e. The SMILES string of the molecule is Cc1nsc(N2CCCC(C(O)c3nccn3C)C2)n1. The van der Waals surface area contributed by atoms with Crippen LogP contribution in [0, 0.1) is 12.8 Å². The van der Waals surface area contributed by atoms with Crippen molar-refractivity contribution >= 4 is 16.7 Å². The lowest BCUT2D eigenvalue weighted by molar-refractivity contribution is 0.0875. The molecular weight excluding hydrogens is 274 g/mol. The third-order valence-electron chi connectivity index (χ3n) is 3.81. The van der Waals surface area contributed by atoms with Crippen LogP contribution in [0.5, 0.6) is 0 Å². The molecule has 0 spiro atoms. The van der Waals surface area contributed by atoms with E-state index >= 15 is 0 Å². The summed E-state index contributed by atoms with van der Waals surface area (Å²) >= 11 is 1.43. The Morgan fingerprint density at radius 1 is 1.50 bits per heavy atom. The first-order chi connectivity index (χ1) is 9.65. The van der Waals surface area contributed by atoms with Crippen molar-refractivity contribution in [1.29, 1.82) is 0 Å². The van der Waals surface area contributed by atoms with E-state index < -0.39 is 6.10 Å². The van der Waals surface area contributed by atoms with Gasteiger partial charge in [-0.15, -0.1) is 0 Å². The molecule has 1 aliphatic heterocycles. The van der Waals surface area contributed by atoms with Gasteiger partial charge < -0.3 is 14.6 Å². The Morgan fingerprint density at radius 3 is 3.00 bits per heavy atom. The molecule has 108 valence electrons. The molecule has 3 heterocycles. The van der Waals surface area contributed by atoms with Gasteiger partial charge in [0, 0.05) is 50.0 Å². The van der Waals surface area contributed by atoms with E-state index in [0.29, 0.717) is 0 Å². The average molecular weight is 293 g/mol. The Morgan fingerprint density at radius 2 is 2.35 bits per heavy atom. The molecule has 1 aliphatic rings. The maximum Gasteiger partial charge on any atom is 0.205 e. The summed E-state index contributed by atoms with van der Waals surface area (Å²) in [6.07, 6.45) is 5.15. The van der Waals surface area contributed by atoms with Crippen LogP contribution in [-0.2, 0) is 7.05 Å². The second kappa shape index (κ2) is 5.49. The van der Waals surface area contributed by atoms with E-state index in [1.807, 2.05) is 24.7 Å². The van der Waals surface area contributed by atoms with Gasteiger partial charge >= 0.3 is 0 Å². The molecule has 1 fully saturated rings. The summed E-state index contributed by atoms with van der Waals surface area (Å²) in [7, 11) is 1.92. The van der Waals surface area contributed by atoms with Crippen molar-refractivity contribution in [3.8, 4) is 0 Å². The van der Waals surface area contributed by atoms with Crippen LogP contribution in [0.2, 0.25) is 0 Å². The highest BCUT2D eigenvalue weighted by Crippen LogP contribution is 2.31. The maximum absolute atomic E-state index is 10.5. The van der Waals surface area contributed by atoms with E-state index in [9.17, 15) is 5.11 Å². The second-order valence-electron chi connectivity index (χ2n) is 5.31. The van der Waals surface area contributed by atoms with E-state index in [-0.39, 0.29) is 5.92 Å². The molecule has 0 aliphatic carbocycles. The van der Waals surface area contributed by atoms with Crippen LogP contribution < -0.4 is 4.90 Å². The number of aryl methyl sites for hydroxylation is 2. The molecule has 6 nitrogen and oxygen atoms in total. The topological polar surface area (TPSA) is 67.1 Å². The van der Waals surface area contributed by atoms with E-state index in [2.05, 4.69) is 19.2 Å². The summed E-state index contributed by atoms with van der Waals surface area (Å²) < 4.78 is 6.12. The molecule has 1 saturated heterocycles. The minimum Gasteiger partial charge on any atom is -0.385 e. The Balaban J connectivity index is 1.73. The first kappa shape index (κ1) is 13.5. The molecule has 2 aromatic heterocycles. The molecular formula is C13H19N5OS. The fourth-order valence-electron chi connectivity index (χ4n) is 2.73. The number of piperidine rings is 1. The van der Waals surface area contributed by atoms with Gasteiger partial charge in [-0.3, -0.25) is 0 Å². The van der Waals surface area contributed by atoms with Crippen LogP contribution in [0.25, 0.3) is 0 Å². The zero-order chi connectivity index (χ0) is 14.1. The van der Waals surface area contributed by atoms with Gasteiger partial charge in [-0.05, 0) is 19.8 Å². The van der Waals surface area contributed by atoms with Crippen molar-refractivity contribution in [2.75, 3.05) is 18.0 Å². The molecule has 0 bridgehead atoms. The number of hydrogen-bond acceptors (Lipinski definition) is 6. The smallest absolute Gasteiger partial charge is 0.205 e. The van der Waals surface area contributed by atoms with Gasteiger partial charge in [-0.1, -0.05) is 0 Å². The molecule has 2 aromatic rings. The first-order valence-corrected chi connectivity index (χ1v) is 7.63. The van der Waals surface area contributed by atoms with Crippen molar-refractivity contribution in [1.82, 2.24) is 18.9 Å². The van der Waals surface area contributed by atoms with E-state index in [0.717, 1.165) is 42.7 Å². The predicted molar refractivity (Wildman–Crippen MR) is 77.8 cm³/mol. The minimum atomic E-state index is -0.521. The Kier molecular flexibility index (Phi) is 3.71. The van der Waals surface area contributed by atoms with Gasteiger partial charge in [-0.25, -0.2) is 9.97 Å². The molecule has 7 heteroatoms. The monoisotopic (exact) mass is 293 g/mol. The van der Waals surface area contributed by atoms with Crippen LogP contribution in [-0.4, -0.2) is 37.1 Å². The van der Waals surface area contributed by atoms with Crippen molar-refractivity contribution < 1.29 is 5.11 Å². The number of aliphatic hydroxyl groups is 1. The lowest BCUT2D eigenvalue weighted by Crippen LogP contribution is -2.38. The Labute approximate surface area is 122 Å². The van der Waals surface area contributed by atoms with E-state index in [1.165, 1.54) is 11.5 Å². The number of imidazole rings is 1. The second-order valence-corrected chi connectivity index (χ2v) is 6.04. The summed E-state index contributed by atoms with van der Waals surface area (Å²) in [6.45, 7) is 3.70. The fraction of sp³-hybridized carbons (Fsp3) is 0.615. The van der Waals surface area contributed by atoms with Crippen LogP contribution >= 0.6 is 11.5 Å². The van der Waals surface area contributed by atoms with Gasteiger partial charge in [0.15, 0.2) is 0 Å². The highest BCUT2D eigenvalue weighted by Gasteiger charge is 2.30. The van der Waals surface area contributed by atoms with Gasteiger partial charge in [-0.2, -0.15) is 4.37 Å². The summed E-state index contributed by atoms with van der Waals surface area (Å²) in [5.41, 5.74) is 0. The third-order valence-corrected chi connectivity index (χ3v) is 4.68. The average Bonchev–Trinajstić information content (AvgIpc) is 3.07.